The fourth-order valence-electron chi connectivity index (χ4n) is 2.34. The van der Waals surface area contributed by atoms with Gasteiger partial charge in [0.15, 0.2) is 5.96 Å². The van der Waals surface area contributed by atoms with Crippen LogP contribution in [0.25, 0.3) is 0 Å². The molecular weight excluding hydrogens is 393 g/mol. The maximum absolute atomic E-state index is 4.29. The van der Waals surface area contributed by atoms with Gasteiger partial charge in [0.05, 0.1) is 0 Å². The molecule has 0 saturated heterocycles. The minimum atomic E-state index is 0. The van der Waals surface area contributed by atoms with E-state index in [1.807, 2.05) is 18.4 Å². The second-order valence-electron chi connectivity index (χ2n) is 5.85. The molecular formula is C16H28IN3S. The third kappa shape index (κ3) is 8.04. The minimum Gasteiger partial charge on any atom is -0.356 e. The Morgan fingerprint density at radius 2 is 2.24 bits per heavy atom. The monoisotopic (exact) mass is 421 g/mol. The smallest absolute Gasteiger partial charge is 0.190 e. The highest BCUT2D eigenvalue weighted by Crippen LogP contribution is 2.33. The van der Waals surface area contributed by atoms with Gasteiger partial charge in [-0.25, -0.2) is 0 Å². The maximum Gasteiger partial charge on any atom is 0.190 e. The Morgan fingerprint density at radius 3 is 2.86 bits per heavy atom. The zero-order valence-corrected chi connectivity index (χ0v) is 16.2. The average Bonchev–Trinajstić information content (AvgIpc) is 3.14. The lowest BCUT2D eigenvalue weighted by molar-refractivity contribution is 0.559. The number of thiophene rings is 1. The van der Waals surface area contributed by atoms with Crippen molar-refractivity contribution >= 4 is 41.3 Å². The van der Waals surface area contributed by atoms with Crippen LogP contribution >= 0.6 is 35.3 Å². The first-order chi connectivity index (χ1) is 9.78. The highest BCUT2D eigenvalue weighted by atomic mass is 127. The van der Waals surface area contributed by atoms with Gasteiger partial charge in [0.2, 0.25) is 0 Å². The Kier molecular flexibility index (Phi) is 9.31. The molecule has 120 valence electrons. The second-order valence-corrected chi connectivity index (χ2v) is 6.89. The van der Waals surface area contributed by atoms with Gasteiger partial charge in [-0.3, -0.25) is 4.99 Å². The first-order valence-electron chi connectivity index (χ1n) is 7.75. The molecule has 1 aromatic rings. The van der Waals surface area contributed by atoms with Crippen molar-refractivity contribution in [1.29, 1.82) is 0 Å². The van der Waals surface area contributed by atoms with E-state index in [0.29, 0.717) is 5.92 Å². The molecule has 0 bridgehead atoms. The first kappa shape index (κ1) is 18.7. The van der Waals surface area contributed by atoms with E-state index in [1.165, 1.54) is 30.6 Å². The fourth-order valence-corrected chi connectivity index (χ4v) is 3.21. The van der Waals surface area contributed by atoms with E-state index in [1.54, 1.807) is 0 Å². The van der Waals surface area contributed by atoms with Gasteiger partial charge < -0.3 is 10.6 Å². The van der Waals surface area contributed by atoms with E-state index in [4.69, 9.17) is 0 Å². The third-order valence-corrected chi connectivity index (χ3v) is 4.65. The van der Waals surface area contributed by atoms with Crippen molar-refractivity contribution < 1.29 is 0 Å². The normalized spacial score (nSPS) is 16.2. The Labute approximate surface area is 150 Å². The van der Waals surface area contributed by atoms with Crippen LogP contribution in [0, 0.1) is 11.8 Å². The number of nitrogens with zero attached hydrogens (tertiary/aromatic N) is 1. The fraction of sp³-hybridized carbons (Fsp3) is 0.688. The van der Waals surface area contributed by atoms with Crippen molar-refractivity contribution in [2.75, 3.05) is 20.1 Å². The predicted octanol–water partition coefficient (Wildman–Crippen LogP) is 3.90. The van der Waals surface area contributed by atoms with Crippen LogP contribution in [0.1, 0.15) is 37.5 Å². The predicted molar refractivity (Wildman–Crippen MR) is 104 cm³/mol. The second kappa shape index (κ2) is 10.4. The summed E-state index contributed by atoms with van der Waals surface area (Å²) in [7, 11) is 1.85. The molecule has 1 aromatic heterocycles. The first-order valence-corrected chi connectivity index (χ1v) is 8.62. The number of aliphatic imine (C=N–C) groups is 1. The van der Waals surface area contributed by atoms with Gasteiger partial charge in [0.1, 0.15) is 0 Å². The zero-order chi connectivity index (χ0) is 14.2. The highest BCUT2D eigenvalue weighted by molar-refractivity contribution is 14.0. The molecule has 0 aliphatic heterocycles. The Hall–Kier alpha value is -0.300. The molecule has 1 aliphatic rings. The molecule has 1 atom stereocenters. The number of rotatable bonds is 8. The van der Waals surface area contributed by atoms with Crippen LogP contribution in [0.3, 0.4) is 0 Å². The summed E-state index contributed by atoms with van der Waals surface area (Å²) in [5.41, 5.74) is 0. The van der Waals surface area contributed by atoms with Gasteiger partial charge in [0, 0.05) is 25.0 Å². The lowest BCUT2D eigenvalue weighted by atomic mass is 10.1. The summed E-state index contributed by atoms with van der Waals surface area (Å²) in [4.78, 5) is 5.75. The van der Waals surface area contributed by atoms with Gasteiger partial charge in [0.25, 0.3) is 0 Å². The summed E-state index contributed by atoms with van der Waals surface area (Å²) in [5, 5.41) is 8.99. The lowest BCUT2D eigenvalue weighted by Gasteiger charge is -2.15. The standard InChI is InChI=1S/C16H27N3S.HI/c1-13(11-15-6-4-10-20-15)12-19-16(17-2)18-9-3-5-14-7-8-14;/h4,6,10,13-14H,3,5,7-9,11-12H2,1-2H3,(H2,17,18,19);1H. The van der Waals surface area contributed by atoms with Crippen LogP contribution < -0.4 is 10.6 Å². The van der Waals surface area contributed by atoms with Gasteiger partial charge in [-0.2, -0.15) is 0 Å². The Bertz CT molecular complexity index is 402. The molecule has 1 unspecified atom stereocenters. The topological polar surface area (TPSA) is 36.4 Å². The van der Waals surface area contributed by atoms with E-state index in [-0.39, 0.29) is 24.0 Å². The molecule has 1 saturated carbocycles. The quantitative estimate of drug-likeness (QED) is 0.289. The molecule has 1 heterocycles. The largest absolute Gasteiger partial charge is 0.356 e. The number of halogens is 1. The van der Waals surface area contributed by atoms with Crippen molar-refractivity contribution in [3.05, 3.63) is 22.4 Å². The van der Waals surface area contributed by atoms with Crippen LogP contribution in [0.15, 0.2) is 22.5 Å². The Morgan fingerprint density at radius 1 is 1.43 bits per heavy atom. The molecule has 0 spiro atoms. The molecule has 2 N–H and O–H groups in total. The van der Waals surface area contributed by atoms with Crippen molar-refractivity contribution in [3.63, 3.8) is 0 Å². The highest BCUT2D eigenvalue weighted by Gasteiger charge is 2.19. The van der Waals surface area contributed by atoms with Crippen LogP contribution in [0.2, 0.25) is 0 Å². The summed E-state index contributed by atoms with van der Waals surface area (Å²) in [6, 6.07) is 4.34. The van der Waals surface area contributed by atoms with Crippen LogP contribution in [-0.4, -0.2) is 26.1 Å². The van der Waals surface area contributed by atoms with Gasteiger partial charge >= 0.3 is 0 Å². The van der Waals surface area contributed by atoms with E-state index in [9.17, 15) is 0 Å². The molecule has 2 rings (SSSR count). The van der Waals surface area contributed by atoms with Crippen molar-refractivity contribution in [2.45, 2.75) is 39.0 Å². The molecule has 0 aromatic carbocycles. The van der Waals surface area contributed by atoms with Crippen molar-refractivity contribution in [2.24, 2.45) is 16.8 Å². The number of hydrogen-bond acceptors (Lipinski definition) is 2. The summed E-state index contributed by atoms with van der Waals surface area (Å²) < 4.78 is 0. The summed E-state index contributed by atoms with van der Waals surface area (Å²) in [5.74, 6) is 2.59. The van der Waals surface area contributed by atoms with Crippen molar-refractivity contribution in [1.82, 2.24) is 10.6 Å². The zero-order valence-electron chi connectivity index (χ0n) is 13.1. The summed E-state index contributed by atoms with van der Waals surface area (Å²) in [6.07, 6.45) is 6.68. The Balaban J connectivity index is 0.00000220. The van der Waals surface area contributed by atoms with E-state index in [2.05, 4.69) is 40.1 Å². The summed E-state index contributed by atoms with van der Waals surface area (Å²) >= 11 is 1.84. The molecule has 3 nitrogen and oxygen atoms in total. The van der Waals surface area contributed by atoms with Gasteiger partial charge in [-0.1, -0.05) is 25.8 Å². The molecule has 21 heavy (non-hydrogen) atoms. The van der Waals surface area contributed by atoms with Crippen LogP contribution in [0.4, 0.5) is 0 Å². The lowest BCUT2D eigenvalue weighted by Crippen LogP contribution is -2.40. The van der Waals surface area contributed by atoms with E-state index < -0.39 is 0 Å². The van der Waals surface area contributed by atoms with E-state index in [0.717, 1.165) is 31.4 Å². The molecule has 1 fully saturated rings. The average molecular weight is 421 g/mol. The molecule has 5 heteroatoms. The molecule has 0 amide bonds. The SMILES string of the molecule is CN=C(NCCCC1CC1)NCC(C)Cc1cccs1.I. The van der Waals surface area contributed by atoms with Crippen LogP contribution in [0.5, 0.6) is 0 Å². The van der Waals surface area contributed by atoms with Gasteiger partial charge in [-0.15, -0.1) is 35.3 Å². The third-order valence-electron chi connectivity index (χ3n) is 3.75. The number of nitrogens with one attached hydrogen (secondary N) is 2. The minimum absolute atomic E-state index is 0. The van der Waals surface area contributed by atoms with E-state index >= 15 is 0 Å². The maximum atomic E-state index is 4.29. The number of hydrogen-bond donors (Lipinski definition) is 2. The van der Waals surface area contributed by atoms with Crippen LogP contribution in [-0.2, 0) is 6.42 Å². The van der Waals surface area contributed by atoms with Gasteiger partial charge in [-0.05, 0) is 42.5 Å². The molecule has 0 radical (unpaired) electrons. The van der Waals surface area contributed by atoms with Crippen molar-refractivity contribution in [3.8, 4) is 0 Å². The molecule has 1 aliphatic carbocycles. The number of guanidine groups is 1. The summed E-state index contributed by atoms with van der Waals surface area (Å²) in [6.45, 7) is 4.29.